The van der Waals surface area contributed by atoms with Crippen LogP contribution in [0.5, 0.6) is 11.6 Å². The van der Waals surface area contributed by atoms with Gasteiger partial charge in [-0.3, -0.25) is 9.69 Å². The highest BCUT2D eigenvalue weighted by Crippen LogP contribution is 2.52. The third-order valence-electron chi connectivity index (χ3n) is 10.1. The van der Waals surface area contributed by atoms with Gasteiger partial charge in [0.2, 0.25) is 5.88 Å². The number of likely N-dealkylation sites (tertiary alicyclic amines) is 1. The Morgan fingerprint density at radius 3 is 2.53 bits per heavy atom. The van der Waals surface area contributed by atoms with Crippen LogP contribution in [0, 0.1) is 16.7 Å². The number of carbonyl (C=O) groups excluding carboxylic acids is 2. The van der Waals surface area contributed by atoms with Crippen molar-refractivity contribution >= 4 is 27.6 Å². The summed E-state index contributed by atoms with van der Waals surface area (Å²) >= 11 is 0. The van der Waals surface area contributed by atoms with Crippen LogP contribution < -0.4 is 19.1 Å². The molecule has 1 N–H and O–H groups in total. The van der Waals surface area contributed by atoms with Crippen LogP contribution in [0.4, 0.5) is 10.5 Å². The van der Waals surface area contributed by atoms with Crippen molar-refractivity contribution in [3.63, 3.8) is 0 Å². The van der Waals surface area contributed by atoms with E-state index in [-0.39, 0.29) is 51.3 Å². The Kier molecular flexibility index (Phi) is 9.36. The van der Waals surface area contributed by atoms with Gasteiger partial charge in [0.25, 0.3) is 15.9 Å². The first kappa shape index (κ1) is 34.7. The molecule has 15 heteroatoms. The van der Waals surface area contributed by atoms with Gasteiger partial charge in [-0.15, -0.1) is 0 Å². The number of rotatable bonds is 11. The number of nitrogens with one attached hydrogen (secondary N) is 1. The number of hydrogen-bond acceptors (Lipinski definition) is 11. The minimum atomic E-state index is -4.54. The summed E-state index contributed by atoms with van der Waals surface area (Å²) in [6.07, 6.45) is 3.25. The quantitative estimate of drug-likeness (QED) is 0.311. The fraction of sp³-hybridized carbons (Fsp3) is 0.444. The number of benzene rings is 2. The third-order valence-corrected chi connectivity index (χ3v) is 11.8. The van der Waals surface area contributed by atoms with Crippen LogP contribution >= 0.6 is 0 Å². The summed E-state index contributed by atoms with van der Waals surface area (Å²) in [5.74, 6) is -0.483. The monoisotopic (exact) mass is 716 g/mol. The molecule has 3 aromatic rings. The van der Waals surface area contributed by atoms with Gasteiger partial charge in [-0.05, 0) is 74.4 Å². The van der Waals surface area contributed by atoms with E-state index in [9.17, 15) is 23.3 Å². The van der Waals surface area contributed by atoms with Crippen LogP contribution in [0.25, 0.3) is 0 Å². The maximum Gasteiger partial charge on any atom is 0.318 e. The zero-order valence-electron chi connectivity index (χ0n) is 28.5. The van der Waals surface area contributed by atoms with Crippen molar-refractivity contribution in [3.8, 4) is 17.7 Å². The zero-order chi connectivity index (χ0) is 35.8. The summed E-state index contributed by atoms with van der Waals surface area (Å²) in [6, 6.07) is 14.6. The summed E-state index contributed by atoms with van der Waals surface area (Å²) < 4.78 is 51.9. The first-order valence-electron chi connectivity index (χ1n) is 17.0. The van der Waals surface area contributed by atoms with E-state index in [4.69, 9.17) is 18.9 Å². The van der Waals surface area contributed by atoms with E-state index < -0.39 is 27.5 Å². The molecule has 1 saturated carbocycles. The van der Waals surface area contributed by atoms with Crippen LogP contribution in [0.2, 0.25) is 0 Å². The Balaban J connectivity index is 1.18. The number of hydrogen-bond donors (Lipinski definition) is 1. The lowest BCUT2D eigenvalue weighted by atomic mass is 9.62. The van der Waals surface area contributed by atoms with E-state index in [0.29, 0.717) is 29.8 Å². The SMILES string of the molecule is CCOc1ncccc1[C@@]1(NC(=O)N2CC3(CC(OCCN4CCOCC4)C3)C2)C(=O)N(S(=O)(=O)c2ccc(OC)cc2)c2ccc(C#N)cc21. The standard InChI is InChI=1S/C36H40N6O8S/c1-3-49-32-29(5-4-12-38-32)36(39-34(44)41-23-35(24-41)20-27(21-35)50-18-15-40-13-16-48-17-14-40)30-19-25(22-37)6-11-31(30)42(33(36)43)51(45,46)28-9-7-26(47-2)8-10-28/h4-12,19,27H,3,13-18,20-21,23-24H2,1-2H3,(H,39,44)/t36-/m0/s1. The van der Waals surface area contributed by atoms with E-state index in [1.165, 1.54) is 55.8 Å². The van der Waals surface area contributed by atoms with Crippen molar-refractivity contribution in [3.05, 3.63) is 77.5 Å². The van der Waals surface area contributed by atoms with Gasteiger partial charge in [-0.1, -0.05) is 0 Å². The number of urea groups is 1. The van der Waals surface area contributed by atoms with Crippen molar-refractivity contribution in [1.82, 2.24) is 20.1 Å². The number of pyridine rings is 1. The summed E-state index contributed by atoms with van der Waals surface area (Å²) in [4.78, 5) is 37.3. The number of nitriles is 1. The topological polar surface area (TPSA) is 164 Å². The average Bonchev–Trinajstić information content (AvgIpc) is 3.36. The van der Waals surface area contributed by atoms with Gasteiger partial charge in [0.1, 0.15) is 5.75 Å². The molecule has 0 bridgehead atoms. The summed E-state index contributed by atoms with van der Waals surface area (Å²) in [5, 5.41) is 12.8. The summed E-state index contributed by atoms with van der Waals surface area (Å²) in [7, 11) is -3.08. The lowest BCUT2D eigenvalue weighted by Gasteiger charge is -2.58. The van der Waals surface area contributed by atoms with Crippen molar-refractivity contribution in [1.29, 1.82) is 5.26 Å². The zero-order valence-corrected chi connectivity index (χ0v) is 29.4. The molecule has 1 spiro atoms. The Morgan fingerprint density at radius 2 is 1.84 bits per heavy atom. The van der Waals surface area contributed by atoms with Crippen LogP contribution in [0.15, 0.2) is 65.7 Å². The van der Waals surface area contributed by atoms with E-state index in [0.717, 1.165) is 45.7 Å². The molecule has 0 radical (unpaired) electrons. The molecule has 0 unspecified atom stereocenters. The van der Waals surface area contributed by atoms with Crippen LogP contribution in [-0.2, 0) is 29.8 Å². The molecule has 268 valence electrons. The number of carbonyl (C=O) groups is 2. The normalized spacial score (nSPS) is 21.4. The van der Waals surface area contributed by atoms with Crippen LogP contribution in [0.3, 0.4) is 0 Å². The highest BCUT2D eigenvalue weighted by atomic mass is 32.2. The van der Waals surface area contributed by atoms with Gasteiger partial charge in [0, 0.05) is 49.9 Å². The largest absolute Gasteiger partial charge is 0.497 e. The van der Waals surface area contributed by atoms with Gasteiger partial charge in [0.15, 0.2) is 5.54 Å². The smallest absolute Gasteiger partial charge is 0.318 e. The molecule has 3 amide bonds. The Labute approximate surface area is 296 Å². The Bertz CT molecular complexity index is 1950. The molecular formula is C36H40N6O8S. The molecular weight excluding hydrogens is 676 g/mol. The van der Waals surface area contributed by atoms with E-state index in [1.807, 2.05) is 0 Å². The molecule has 1 aliphatic carbocycles. The number of ether oxygens (including phenoxy) is 4. The lowest BCUT2D eigenvalue weighted by Crippen LogP contribution is -2.69. The first-order valence-corrected chi connectivity index (χ1v) is 18.4. The van der Waals surface area contributed by atoms with Gasteiger partial charge in [-0.2, -0.15) is 9.57 Å². The van der Waals surface area contributed by atoms with E-state index in [2.05, 4.69) is 21.3 Å². The minimum absolute atomic E-state index is 0.00226. The van der Waals surface area contributed by atoms with Crippen LogP contribution in [0.1, 0.15) is 36.5 Å². The molecule has 3 fully saturated rings. The Morgan fingerprint density at radius 1 is 1.10 bits per heavy atom. The third kappa shape index (κ3) is 6.16. The highest BCUT2D eigenvalue weighted by molar-refractivity contribution is 7.93. The second kappa shape index (κ2) is 13.8. The second-order valence-electron chi connectivity index (χ2n) is 13.3. The maximum atomic E-state index is 15.0. The molecule has 3 aliphatic heterocycles. The van der Waals surface area contributed by atoms with Crippen molar-refractivity contribution in [2.24, 2.45) is 5.41 Å². The molecule has 4 aliphatic rings. The van der Waals surface area contributed by atoms with E-state index in [1.54, 1.807) is 24.0 Å². The van der Waals surface area contributed by atoms with Gasteiger partial charge in [0.05, 0.1) is 67.4 Å². The number of aromatic nitrogens is 1. The number of fused-ring (bicyclic) bond motifs is 1. The molecule has 2 aromatic carbocycles. The summed E-state index contributed by atoms with van der Waals surface area (Å²) in [5.41, 5.74) is -1.76. The fourth-order valence-electron chi connectivity index (χ4n) is 7.53. The Hall–Kier alpha value is -4.75. The second-order valence-corrected chi connectivity index (χ2v) is 15.1. The predicted molar refractivity (Wildman–Crippen MR) is 184 cm³/mol. The predicted octanol–water partition coefficient (Wildman–Crippen LogP) is 2.86. The number of methoxy groups -OCH3 is 1. The molecule has 1 atom stereocenters. The number of anilines is 1. The molecule has 2 saturated heterocycles. The molecule has 7 rings (SSSR count). The number of morpholine rings is 1. The molecule has 51 heavy (non-hydrogen) atoms. The first-order chi connectivity index (χ1) is 24.6. The molecule has 4 heterocycles. The molecule has 14 nitrogen and oxygen atoms in total. The van der Waals surface area contributed by atoms with Gasteiger partial charge >= 0.3 is 6.03 Å². The molecule has 1 aromatic heterocycles. The number of nitrogens with zero attached hydrogens (tertiary/aromatic N) is 5. The minimum Gasteiger partial charge on any atom is -0.497 e. The van der Waals surface area contributed by atoms with Gasteiger partial charge < -0.3 is 29.2 Å². The average molecular weight is 717 g/mol. The number of amides is 3. The number of sulfonamides is 1. The van der Waals surface area contributed by atoms with Crippen molar-refractivity contribution in [2.75, 3.05) is 70.6 Å². The van der Waals surface area contributed by atoms with Crippen molar-refractivity contribution < 1.29 is 37.0 Å². The summed E-state index contributed by atoms with van der Waals surface area (Å²) in [6.45, 7) is 7.65. The van der Waals surface area contributed by atoms with Gasteiger partial charge in [-0.25, -0.2) is 18.2 Å². The maximum absolute atomic E-state index is 15.0. The fourth-order valence-corrected chi connectivity index (χ4v) is 8.99. The lowest BCUT2D eigenvalue weighted by molar-refractivity contribution is -0.140. The van der Waals surface area contributed by atoms with Crippen molar-refractivity contribution in [2.45, 2.75) is 36.3 Å². The van der Waals surface area contributed by atoms with E-state index >= 15 is 0 Å². The van der Waals surface area contributed by atoms with Crippen LogP contribution in [-0.4, -0.2) is 108 Å². The highest BCUT2D eigenvalue weighted by Gasteiger charge is 2.61.